The monoisotopic (exact) mass is 372 g/mol. The summed E-state index contributed by atoms with van der Waals surface area (Å²) in [6, 6.07) is 3.67. The van der Waals surface area contributed by atoms with Crippen molar-refractivity contribution in [2.45, 2.75) is 33.7 Å². The van der Waals surface area contributed by atoms with Gasteiger partial charge in [-0.2, -0.15) is 0 Å². The van der Waals surface area contributed by atoms with E-state index in [-0.39, 0.29) is 24.4 Å². The fourth-order valence-corrected chi connectivity index (χ4v) is 2.82. The van der Waals surface area contributed by atoms with Gasteiger partial charge in [-0.1, -0.05) is 0 Å². The van der Waals surface area contributed by atoms with Gasteiger partial charge in [-0.25, -0.2) is 0 Å². The third-order valence-corrected chi connectivity index (χ3v) is 3.92. The molecule has 1 aliphatic heterocycles. The van der Waals surface area contributed by atoms with Gasteiger partial charge >= 0.3 is 0 Å². The normalized spacial score (nSPS) is 16.8. The molecule has 0 aromatic heterocycles. The van der Waals surface area contributed by atoms with Crippen LogP contribution in [0.1, 0.15) is 38.1 Å². The predicted molar refractivity (Wildman–Crippen MR) is 101 cm³/mol. The van der Waals surface area contributed by atoms with E-state index in [1.807, 2.05) is 32.6 Å². The first-order valence-electron chi connectivity index (χ1n) is 8.70. The molecule has 1 aromatic rings. The number of nitrogens with zero attached hydrogens (tertiary/aromatic N) is 1. The first-order chi connectivity index (χ1) is 11.6. The Bertz CT molecular complexity index is 541. The van der Waals surface area contributed by atoms with E-state index >= 15 is 0 Å². The van der Waals surface area contributed by atoms with Crippen molar-refractivity contribution in [3.63, 3.8) is 0 Å². The van der Waals surface area contributed by atoms with Gasteiger partial charge in [0.2, 0.25) is 5.75 Å². The lowest BCUT2D eigenvalue weighted by molar-refractivity contribution is 0.0654. The molecule has 1 fully saturated rings. The number of carbonyl (C=O) groups excluding carboxylic acids is 1. The first-order valence-corrected chi connectivity index (χ1v) is 8.70. The van der Waals surface area contributed by atoms with Gasteiger partial charge in [-0.15, -0.1) is 12.4 Å². The van der Waals surface area contributed by atoms with E-state index in [0.29, 0.717) is 49.2 Å². The molecule has 25 heavy (non-hydrogen) atoms. The summed E-state index contributed by atoms with van der Waals surface area (Å²) in [5.41, 5.74) is 0.569. The predicted octanol–water partition coefficient (Wildman–Crippen LogP) is 2.74. The third kappa shape index (κ3) is 5.16. The van der Waals surface area contributed by atoms with Gasteiger partial charge < -0.3 is 24.4 Å². The Balaban J connectivity index is 0.00000312. The van der Waals surface area contributed by atoms with Crippen LogP contribution in [-0.2, 0) is 0 Å². The van der Waals surface area contributed by atoms with E-state index < -0.39 is 0 Å². The largest absolute Gasteiger partial charge is 0.490 e. The molecule has 1 saturated heterocycles. The molecule has 142 valence electrons. The molecule has 0 radical (unpaired) electrons. The molecule has 1 amide bonds. The van der Waals surface area contributed by atoms with Gasteiger partial charge in [-0.05, 0) is 39.8 Å². The van der Waals surface area contributed by atoms with Crippen LogP contribution in [0.5, 0.6) is 17.2 Å². The molecule has 0 spiro atoms. The molecule has 0 saturated carbocycles. The van der Waals surface area contributed by atoms with Gasteiger partial charge in [0.25, 0.3) is 5.91 Å². The zero-order valence-electron chi connectivity index (χ0n) is 15.5. The maximum atomic E-state index is 12.9. The Hall–Kier alpha value is -1.66. The summed E-state index contributed by atoms with van der Waals surface area (Å²) in [6.07, 6.45) is 0. The Morgan fingerprint density at radius 1 is 1.12 bits per heavy atom. The molecule has 1 heterocycles. The number of rotatable bonds is 7. The van der Waals surface area contributed by atoms with Crippen LogP contribution in [0.2, 0.25) is 0 Å². The van der Waals surface area contributed by atoms with Crippen LogP contribution in [0.15, 0.2) is 12.1 Å². The highest BCUT2D eigenvalue weighted by molar-refractivity contribution is 5.96. The number of nitrogens with one attached hydrogen (secondary N) is 1. The van der Waals surface area contributed by atoms with E-state index in [1.165, 1.54) is 0 Å². The molecule has 1 aliphatic rings. The lowest BCUT2D eigenvalue weighted by Gasteiger charge is -2.34. The second-order valence-electron chi connectivity index (χ2n) is 5.65. The number of hydrogen-bond donors (Lipinski definition) is 1. The number of piperazine rings is 1. The van der Waals surface area contributed by atoms with Crippen LogP contribution < -0.4 is 19.5 Å². The van der Waals surface area contributed by atoms with E-state index in [9.17, 15) is 4.79 Å². The summed E-state index contributed by atoms with van der Waals surface area (Å²) in [7, 11) is 0. The van der Waals surface area contributed by atoms with E-state index in [1.54, 1.807) is 12.1 Å². The first kappa shape index (κ1) is 21.4. The molecule has 1 aromatic carbocycles. The van der Waals surface area contributed by atoms with Crippen LogP contribution in [0.4, 0.5) is 0 Å². The number of amides is 1. The molecule has 2 rings (SSSR count). The van der Waals surface area contributed by atoms with Crippen molar-refractivity contribution in [2.24, 2.45) is 0 Å². The highest BCUT2D eigenvalue weighted by Crippen LogP contribution is 2.39. The molecule has 0 unspecified atom stereocenters. The van der Waals surface area contributed by atoms with Crippen molar-refractivity contribution in [3.05, 3.63) is 17.7 Å². The molecule has 1 N–H and O–H groups in total. The average molecular weight is 373 g/mol. The topological polar surface area (TPSA) is 60.0 Å². The second kappa shape index (κ2) is 10.4. The SMILES string of the molecule is CCOc1cc(C(=O)N2CCNC[C@@H]2C)cc(OCC)c1OCC.Cl. The zero-order chi connectivity index (χ0) is 17.5. The van der Waals surface area contributed by atoms with Crippen molar-refractivity contribution in [1.82, 2.24) is 10.2 Å². The number of benzene rings is 1. The van der Waals surface area contributed by atoms with Crippen molar-refractivity contribution >= 4 is 18.3 Å². The van der Waals surface area contributed by atoms with Crippen LogP contribution in [0, 0.1) is 0 Å². The van der Waals surface area contributed by atoms with E-state index in [0.717, 1.165) is 13.1 Å². The number of ether oxygens (including phenoxy) is 3. The molecular formula is C18H29ClN2O4. The van der Waals surface area contributed by atoms with Gasteiger partial charge in [0.15, 0.2) is 11.5 Å². The van der Waals surface area contributed by atoms with Gasteiger partial charge in [0.05, 0.1) is 19.8 Å². The van der Waals surface area contributed by atoms with Crippen LogP contribution in [-0.4, -0.2) is 56.3 Å². The van der Waals surface area contributed by atoms with Crippen LogP contribution >= 0.6 is 12.4 Å². The number of hydrogen-bond acceptors (Lipinski definition) is 5. The minimum atomic E-state index is -0.00560. The van der Waals surface area contributed by atoms with Crippen molar-refractivity contribution < 1.29 is 19.0 Å². The van der Waals surface area contributed by atoms with Gasteiger partial charge in [0, 0.05) is 31.2 Å². The fraction of sp³-hybridized carbons (Fsp3) is 0.611. The van der Waals surface area contributed by atoms with Crippen LogP contribution in [0.3, 0.4) is 0 Å². The molecule has 6 nitrogen and oxygen atoms in total. The highest BCUT2D eigenvalue weighted by atomic mass is 35.5. The summed E-state index contributed by atoms with van der Waals surface area (Å²) >= 11 is 0. The van der Waals surface area contributed by atoms with E-state index in [2.05, 4.69) is 5.32 Å². The van der Waals surface area contributed by atoms with Crippen LogP contribution in [0.25, 0.3) is 0 Å². The Labute approximate surface area is 156 Å². The van der Waals surface area contributed by atoms with E-state index in [4.69, 9.17) is 14.2 Å². The summed E-state index contributed by atoms with van der Waals surface area (Å²) in [5.74, 6) is 1.66. The summed E-state index contributed by atoms with van der Waals surface area (Å²) in [4.78, 5) is 14.8. The Kier molecular flexibility index (Phi) is 8.86. The van der Waals surface area contributed by atoms with Crippen molar-refractivity contribution in [1.29, 1.82) is 0 Å². The lowest BCUT2D eigenvalue weighted by Crippen LogP contribution is -2.52. The Morgan fingerprint density at radius 3 is 2.16 bits per heavy atom. The minimum Gasteiger partial charge on any atom is -0.490 e. The highest BCUT2D eigenvalue weighted by Gasteiger charge is 2.26. The number of halogens is 1. The zero-order valence-corrected chi connectivity index (χ0v) is 16.3. The molecular weight excluding hydrogens is 344 g/mol. The van der Waals surface area contributed by atoms with Gasteiger partial charge in [0.1, 0.15) is 0 Å². The second-order valence-corrected chi connectivity index (χ2v) is 5.65. The fourth-order valence-electron chi connectivity index (χ4n) is 2.82. The Morgan fingerprint density at radius 2 is 1.68 bits per heavy atom. The molecule has 0 aliphatic carbocycles. The quantitative estimate of drug-likeness (QED) is 0.797. The molecule has 1 atom stereocenters. The minimum absolute atomic E-state index is 0. The summed E-state index contributed by atoms with van der Waals surface area (Å²) in [5, 5.41) is 3.30. The lowest BCUT2D eigenvalue weighted by atomic mass is 10.1. The summed E-state index contributed by atoms with van der Waals surface area (Å²) < 4.78 is 17.1. The average Bonchev–Trinajstić information content (AvgIpc) is 2.58. The maximum Gasteiger partial charge on any atom is 0.254 e. The number of carbonyl (C=O) groups is 1. The smallest absolute Gasteiger partial charge is 0.254 e. The molecule has 0 bridgehead atoms. The van der Waals surface area contributed by atoms with Crippen molar-refractivity contribution in [3.8, 4) is 17.2 Å². The molecule has 7 heteroatoms. The third-order valence-electron chi connectivity index (χ3n) is 3.92. The standard InChI is InChI=1S/C18H28N2O4.ClH/c1-5-22-15-10-14(11-16(23-6-2)17(15)24-7-3)18(21)20-9-8-19-12-13(20)4;/h10-11,13,19H,5-9,12H2,1-4H3;1H/t13-;/m0./s1. The van der Waals surface area contributed by atoms with Crippen molar-refractivity contribution in [2.75, 3.05) is 39.5 Å². The van der Waals surface area contributed by atoms with Gasteiger partial charge in [-0.3, -0.25) is 4.79 Å². The maximum absolute atomic E-state index is 12.9. The summed E-state index contributed by atoms with van der Waals surface area (Å²) in [6.45, 7) is 11.6.